The summed E-state index contributed by atoms with van der Waals surface area (Å²) in [6, 6.07) is 1.94. The van der Waals surface area contributed by atoms with Gasteiger partial charge in [-0.05, 0) is 37.0 Å². The fraction of sp³-hybridized carbons (Fsp3) is 0.571. The smallest absolute Gasteiger partial charge is 0.240 e. The Morgan fingerprint density at radius 3 is 2.83 bits per heavy atom. The third-order valence-corrected chi connectivity index (χ3v) is 3.78. The van der Waals surface area contributed by atoms with Gasteiger partial charge in [-0.2, -0.15) is 0 Å². The monoisotopic (exact) mass is 247 g/mol. The van der Waals surface area contributed by atoms with E-state index in [2.05, 4.69) is 10.3 Å². The van der Waals surface area contributed by atoms with E-state index in [0.29, 0.717) is 6.54 Å². The van der Waals surface area contributed by atoms with Gasteiger partial charge in [0, 0.05) is 18.9 Å². The van der Waals surface area contributed by atoms with Crippen molar-refractivity contribution in [3.8, 4) is 0 Å². The Balaban J connectivity index is 1.94. The van der Waals surface area contributed by atoms with Gasteiger partial charge >= 0.3 is 0 Å². The molecule has 1 saturated carbocycles. The summed E-state index contributed by atoms with van der Waals surface area (Å²) < 4.78 is 0. The Morgan fingerprint density at radius 2 is 2.17 bits per heavy atom. The van der Waals surface area contributed by atoms with E-state index in [1.807, 2.05) is 13.0 Å². The number of aryl methyl sites for hydroxylation is 1. The van der Waals surface area contributed by atoms with Gasteiger partial charge in [-0.3, -0.25) is 9.78 Å². The highest BCUT2D eigenvalue weighted by Crippen LogP contribution is 2.26. The van der Waals surface area contributed by atoms with Crippen molar-refractivity contribution >= 4 is 5.91 Å². The van der Waals surface area contributed by atoms with Crippen molar-refractivity contribution in [2.45, 2.75) is 51.1 Å². The zero-order valence-corrected chi connectivity index (χ0v) is 10.9. The highest BCUT2D eigenvalue weighted by atomic mass is 16.2. The van der Waals surface area contributed by atoms with Gasteiger partial charge in [0.2, 0.25) is 5.91 Å². The third kappa shape index (κ3) is 2.88. The number of nitrogens with zero attached hydrogens (tertiary/aromatic N) is 1. The average molecular weight is 247 g/mol. The van der Waals surface area contributed by atoms with Crippen LogP contribution >= 0.6 is 0 Å². The van der Waals surface area contributed by atoms with E-state index in [4.69, 9.17) is 5.73 Å². The van der Waals surface area contributed by atoms with Gasteiger partial charge in [0.1, 0.15) is 0 Å². The molecule has 1 heterocycles. The molecule has 3 N–H and O–H groups in total. The predicted octanol–water partition coefficient (Wildman–Crippen LogP) is 1.67. The molecule has 2 rings (SSSR count). The number of carbonyl (C=O) groups excluding carboxylic acids is 1. The number of pyridine rings is 1. The van der Waals surface area contributed by atoms with Gasteiger partial charge in [-0.15, -0.1) is 0 Å². The van der Waals surface area contributed by atoms with E-state index >= 15 is 0 Å². The first-order valence-corrected chi connectivity index (χ1v) is 6.58. The third-order valence-electron chi connectivity index (χ3n) is 3.78. The Bertz CT molecular complexity index is 425. The van der Waals surface area contributed by atoms with E-state index in [1.165, 1.54) is 6.42 Å². The number of amides is 1. The molecule has 0 aliphatic heterocycles. The molecule has 1 aliphatic carbocycles. The summed E-state index contributed by atoms with van der Waals surface area (Å²) >= 11 is 0. The molecule has 0 atom stereocenters. The van der Waals surface area contributed by atoms with Crippen molar-refractivity contribution in [3.63, 3.8) is 0 Å². The van der Waals surface area contributed by atoms with E-state index in [1.54, 1.807) is 12.4 Å². The molecule has 0 bridgehead atoms. The fourth-order valence-corrected chi connectivity index (χ4v) is 2.44. The SMILES string of the molecule is Cc1ccncc1CNC(=O)C1(N)CCCCC1. The van der Waals surface area contributed by atoms with Crippen molar-refractivity contribution in [1.82, 2.24) is 10.3 Å². The van der Waals surface area contributed by atoms with Crippen LogP contribution in [-0.4, -0.2) is 16.4 Å². The second-order valence-electron chi connectivity index (χ2n) is 5.20. The molecule has 0 radical (unpaired) electrons. The maximum atomic E-state index is 12.1. The van der Waals surface area contributed by atoms with E-state index in [-0.39, 0.29) is 5.91 Å². The minimum Gasteiger partial charge on any atom is -0.350 e. The Hall–Kier alpha value is -1.42. The lowest BCUT2D eigenvalue weighted by Crippen LogP contribution is -2.54. The standard InChI is InChI=1S/C14H21N3O/c1-11-5-8-16-9-12(11)10-17-13(18)14(15)6-3-2-4-7-14/h5,8-9H,2-4,6-7,10,15H2,1H3,(H,17,18). The number of rotatable bonds is 3. The molecular weight excluding hydrogens is 226 g/mol. The molecule has 18 heavy (non-hydrogen) atoms. The lowest BCUT2D eigenvalue weighted by molar-refractivity contribution is -0.127. The molecule has 1 aromatic rings. The van der Waals surface area contributed by atoms with Gasteiger partial charge in [-0.1, -0.05) is 19.3 Å². The fourth-order valence-electron chi connectivity index (χ4n) is 2.44. The van der Waals surface area contributed by atoms with Crippen molar-refractivity contribution in [3.05, 3.63) is 29.6 Å². The molecule has 0 spiro atoms. The lowest BCUT2D eigenvalue weighted by Gasteiger charge is -2.31. The molecule has 4 nitrogen and oxygen atoms in total. The molecule has 1 fully saturated rings. The first-order valence-electron chi connectivity index (χ1n) is 6.58. The number of aromatic nitrogens is 1. The van der Waals surface area contributed by atoms with Crippen LogP contribution in [0, 0.1) is 6.92 Å². The predicted molar refractivity (Wildman–Crippen MR) is 70.8 cm³/mol. The second kappa shape index (κ2) is 5.48. The van der Waals surface area contributed by atoms with Crippen LogP contribution in [0.4, 0.5) is 0 Å². The summed E-state index contributed by atoms with van der Waals surface area (Å²) in [6.45, 7) is 2.53. The maximum Gasteiger partial charge on any atom is 0.240 e. The van der Waals surface area contributed by atoms with Crippen LogP contribution in [-0.2, 0) is 11.3 Å². The second-order valence-corrected chi connectivity index (χ2v) is 5.20. The highest BCUT2D eigenvalue weighted by molar-refractivity contribution is 5.86. The molecule has 4 heteroatoms. The minimum absolute atomic E-state index is 0.0227. The molecule has 98 valence electrons. The summed E-state index contributed by atoms with van der Waals surface area (Å²) in [5, 5.41) is 2.95. The zero-order valence-electron chi connectivity index (χ0n) is 10.9. The van der Waals surface area contributed by atoms with E-state index < -0.39 is 5.54 Å². The topological polar surface area (TPSA) is 68.0 Å². The Kier molecular flexibility index (Phi) is 3.97. The van der Waals surface area contributed by atoms with E-state index in [0.717, 1.165) is 36.8 Å². The zero-order chi connectivity index (χ0) is 13.0. The van der Waals surface area contributed by atoms with Crippen LogP contribution < -0.4 is 11.1 Å². The lowest BCUT2D eigenvalue weighted by atomic mass is 9.82. The van der Waals surface area contributed by atoms with E-state index in [9.17, 15) is 4.79 Å². The van der Waals surface area contributed by atoms with Gasteiger partial charge in [0.25, 0.3) is 0 Å². The van der Waals surface area contributed by atoms with Crippen LogP contribution in [0.3, 0.4) is 0 Å². The van der Waals surface area contributed by atoms with Crippen LogP contribution in [0.25, 0.3) is 0 Å². The normalized spacial score (nSPS) is 18.3. The van der Waals surface area contributed by atoms with Crippen molar-refractivity contribution in [1.29, 1.82) is 0 Å². The first kappa shape index (κ1) is 13.0. The van der Waals surface area contributed by atoms with Crippen LogP contribution in [0.2, 0.25) is 0 Å². The number of hydrogen-bond acceptors (Lipinski definition) is 3. The molecule has 1 aromatic heterocycles. The summed E-state index contributed by atoms with van der Waals surface area (Å²) in [4.78, 5) is 16.2. The molecule has 0 saturated heterocycles. The van der Waals surface area contributed by atoms with Crippen LogP contribution in [0.1, 0.15) is 43.2 Å². The summed E-state index contributed by atoms with van der Waals surface area (Å²) in [5.41, 5.74) is 7.70. The van der Waals surface area contributed by atoms with Crippen molar-refractivity contribution in [2.75, 3.05) is 0 Å². The minimum atomic E-state index is -0.658. The largest absolute Gasteiger partial charge is 0.350 e. The van der Waals surface area contributed by atoms with Crippen LogP contribution in [0.5, 0.6) is 0 Å². The molecule has 0 unspecified atom stereocenters. The van der Waals surface area contributed by atoms with Gasteiger partial charge in [-0.25, -0.2) is 0 Å². The molecular formula is C14H21N3O. The maximum absolute atomic E-state index is 12.1. The Labute approximate surface area is 108 Å². The number of hydrogen-bond donors (Lipinski definition) is 2. The Morgan fingerprint density at radius 1 is 1.44 bits per heavy atom. The number of carbonyl (C=O) groups is 1. The van der Waals surface area contributed by atoms with Gasteiger partial charge in [0.05, 0.1) is 5.54 Å². The van der Waals surface area contributed by atoms with Crippen LogP contribution in [0.15, 0.2) is 18.5 Å². The van der Waals surface area contributed by atoms with Crippen molar-refractivity contribution < 1.29 is 4.79 Å². The molecule has 0 aromatic carbocycles. The summed E-state index contributed by atoms with van der Waals surface area (Å²) in [6.07, 6.45) is 8.43. The highest BCUT2D eigenvalue weighted by Gasteiger charge is 2.34. The number of nitrogens with two attached hydrogens (primary N) is 1. The quantitative estimate of drug-likeness (QED) is 0.853. The molecule has 1 amide bonds. The van der Waals surface area contributed by atoms with Gasteiger partial charge < -0.3 is 11.1 Å². The average Bonchev–Trinajstić information content (AvgIpc) is 2.38. The first-order chi connectivity index (χ1) is 8.62. The summed E-state index contributed by atoms with van der Waals surface area (Å²) in [7, 11) is 0. The molecule has 1 aliphatic rings. The summed E-state index contributed by atoms with van der Waals surface area (Å²) in [5.74, 6) is -0.0227. The van der Waals surface area contributed by atoms with Gasteiger partial charge in [0.15, 0.2) is 0 Å². The number of nitrogens with one attached hydrogen (secondary N) is 1. The van der Waals surface area contributed by atoms with Crippen molar-refractivity contribution in [2.24, 2.45) is 5.73 Å².